The van der Waals surface area contributed by atoms with E-state index in [2.05, 4.69) is 5.32 Å². The zero-order chi connectivity index (χ0) is 20.4. The molecule has 1 amide bonds. The van der Waals surface area contributed by atoms with Gasteiger partial charge in [0.2, 0.25) is 10.0 Å². The van der Waals surface area contributed by atoms with Crippen LogP contribution in [0.5, 0.6) is 0 Å². The van der Waals surface area contributed by atoms with Gasteiger partial charge in [0, 0.05) is 5.02 Å². The summed E-state index contributed by atoms with van der Waals surface area (Å²) in [6.07, 6.45) is -1.27. The second-order valence-corrected chi connectivity index (χ2v) is 7.65. The van der Waals surface area contributed by atoms with Crippen LogP contribution in [0.1, 0.15) is 22.8 Å². The first-order valence-electron chi connectivity index (χ1n) is 7.59. The van der Waals surface area contributed by atoms with Gasteiger partial charge in [-0.2, -0.15) is 0 Å². The van der Waals surface area contributed by atoms with Crippen LogP contribution in [-0.4, -0.2) is 26.4 Å². The molecule has 0 aliphatic rings. The Morgan fingerprint density at radius 2 is 1.89 bits per heavy atom. The second kappa shape index (κ2) is 8.03. The first kappa shape index (κ1) is 20.8. The summed E-state index contributed by atoms with van der Waals surface area (Å²) in [6.45, 7) is 2.81. The fourth-order valence-corrected chi connectivity index (χ4v) is 3.11. The molecule has 0 fully saturated rings. The highest BCUT2D eigenvalue weighted by molar-refractivity contribution is 7.89. The SMILES string of the molecule is Cc1ccc(C(=O)OC(C)C(=O)Nc2ccc(Cl)cc2F)cc1S(N)(=O)=O. The number of primary sulfonamides is 1. The Morgan fingerprint density at radius 3 is 2.48 bits per heavy atom. The predicted molar refractivity (Wildman–Crippen MR) is 97.5 cm³/mol. The van der Waals surface area contributed by atoms with E-state index in [1.165, 1.54) is 38.1 Å². The third-order valence-electron chi connectivity index (χ3n) is 3.57. The number of esters is 1. The molecular weight excluding hydrogens is 399 g/mol. The van der Waals surface area contributed by atoms with Crippen LogP contribution in [0.2, 0.25) is 5.02 Å². The van der Waals surface area contributed by atoms with Gasteiger partial charge >= 0.3 is 5.97 Å². The molecule has 1 unspecified atom stereocenters. The topological polar surface area (TPSA) is 116 Å². The van der Waals surface area contributed by atoms with E-state index in [-0.39, 0.29) is 21.2 Å². The molecule has 2 aromatic carbocycles. The number of sulfonamides is 1. The van der Waals surface area contributed by atoms with Crippen LogP contribution < -0.4 is 10.5 Å². The molecule has 0 saturated heterocycles. The van der Waals surface area contributed by atoms with Crippen molar-refractivity contribution >= 4 is 39.2 Å². The van der Waals surface area contributed by atoms with Crippen LogP contribution >= 0.6 is 11.6 Å². The summed E-state index contributed by atoms with van der Waals surface area (Å²) in [7, 11) is -4.02. The van der Waals surface area contributed by atoms with Crippen LogP contribution in [0.25, 0.3) is 0 Å². The van der Waals surface area contributed by atoms with E-state index in [9.17, 15) is 22.4 Å². The van der Waals surface area contributed by atoms with Gasteiger partial charge in [0.15, 0.2) is 6.10 Å². The Hall–Kier alpha value is -2.49. The number of ether oxygens (including phenoxy) is 1. The summed E-state index contributed by atoms with van der Waals surface area (Å²) in [5.74, 6) is -2.45. The van der Waals surface area contributed by atoms with Crippen molar-refractivity contribution in [1.82, 2.24) is 0 Å². The summed E-state index contributed by atoms with van der Waals surface area (Å²) in [5, 5.41) is 7.53. The van der Waals surface area contributed by atoms with Gasteiger partial charge in [-0.15, -0.1) is 0 Å². The van der Waals surface area contributed by atoms with Crippen molar-refractivity contribution in [3.05, 3.63) is 58.4 Å². The lowest BCUT2D eigenvalue weighted by Crippen LogP contribution is -2.30. The summed E-state index contributed by atoms with van der Waals surface area (Å²) in [4.78, 5) is 24.1. The smallest absolute Gasteiger partial charge is 0.338 e. The average Bonchev–Trinajstić information content (AvgIpc) is 2.56. The molecule has 0 aliphatic carbocycles. The maximum absolute atomic E-state index is 13.7. The summed E-state index contributed by atoms with van der Waals surface area (Å²) in [6, 6.07) is 7.48. The van der Waals surface area contributed by atoms with Crippen molar-refractivity contribution in [3.8, 4) is 0 Å². The van der Waals surface area contributed by atoms with Gasteiger partial charge in [-0.3, -0.25) is 4.79 Å². The number of carbonyl (C=O) groups is 2. The van der Waals surface area contributed by atoms with Gasteiger partial charge in [-0.1, -0.05) is 17.7 Å². The zero-order valence-electron chi connectivity index (χ0n) is 14.3. The lowest BCUT2D eigenvalue weighted by molar-refractivity contribution is -0.123. The molecule has 0 radical (unpaired) electrons. The largest absolute Gasteiger partial charge is 0.449 e. The highest BCUT2D eigenvalue weighted by atomic mass is 35.5. The van der Waals surface area contributed by atoms with E-state index < -0.39 is 33.8 Å². The molecule has 0 spiro atoms. The summed E-state index contributed by atoms with van der Waals surface area (Å²) < 4.78 is 41.8. The lowest BCUT2D eigenvalue weighted by Gasteiger charge is -2.14. The minimum atomic E-state index is -4.02. The Balaban J connectivity index is 2.12. The van der Waals surface area contributed by atoms with Crippen molar-refractivity contribution in [1.29, 1.82) is 0 Å². The molecule has 27 heavy (non-hydrogen) atoms. The fraction of sp³-hybridized carbons (Fsp3) is 0.176. The van der Waals surface area contributed by atoms with E-state index in [4.69, 9.17) is 21.5 Å². The maximum atomic E-state index is 13.7. The Morgan fingerprint density at radius 1 is 1.22 bits per heavy atom. The number of benzene rings is 2. The van der Waals surface area contributed by atoms with Crippen molar-refractivity contribution in [3.63, 3.8) is 0 Å². The van der Waals surface area contributed by atoms with E-state index in [0.717, 1.165) is 12.1 Å². The molecule has 0 bridgehead atoms. The van der Waals surface area contributed by atoms with Gasteiger partial charge in [-0.25, -0.2) is 22.7 Å². The molecule has 2 rings (SSSR count). The molecule has 0 heterocycles. The molecule has 144 valence electrons. The molecule has 0 aromatic heterocycles. The first-order valence-corrected chi connectivity index (χ1v) is 9.52. The fourth-order valence-electron chi connectivity index (χ4n) is 2.14. The van der Waals surface area contributed by atoms with Crippen LogP contribution in [0.15, 0.2) is 41.3 Å². The molecule has 2 aromatic rings. The van der Waals surface area contributed by atoms with Crippen LogP contribution in [-0.2, 0) is 19.6 Å². The number of carbonyl (C=O) groups excluding carboxylic acids is 2. The molecular formula is C17H16ClFN2O5S. The minimum absolute atomic E-state index is 0.0954. The predicted octanol–water partition coefficient (Wildman–Crippen LogP) is 2.62. The van der Waals surface area contributed by atoms with Gasteiger partial charge < -0.3 is 10.1 Å². The van der Waals surface area contributed by atoms with Crippen molar-refractivity contribution in [2.45, 2.75) is 24.8 Å². The number of anilines is 1. The lowest BCUT2D eigenvalue weighted by atomic mass is 10.1. The second-order valence-electron chi connectivity index (χ2n) is 5.69. The molecule has 0 saturated carbocycles. The Labute approximate surface area is 160 Å². The number of amides is 1. The molecule has 0 aliphatic heterocycles. The quantitative estimate of drug-likeness (QED) is 0.729. The number of aryl methyl sites for hydroxylation is 1. The number of nitrogens with two attached hydrogens (primary N) is 1. The molecule has 3 N–H and O–H groups in total. The van der Waals surface area contributed by atoms with Crippen LogP contribution in [0, 0.1) is 12.7 Å². The normalized spacial score (nSPS) is 12.3. The van der Waals surface area contributed by atoms with E-state index in [1.54, 1.807) is 0 Å². The average molecular weight is 415 g/mol. The standard InChI is InChI=1S/C17H16ClFN2O5S/c1-9-3-4-11(7-15(9)27(20,24)25)17(23)26-10(2)16(22)21-14-6-5-12(18)8-13(14)19/h3-8,10H,1-2H3,(H,21,22)(H2,20,24,25). The number of nitrogens with one attached hydrogen (secondary N) is 1. The third-order valence-corrected chi connectivity index (χ3v) is 4.86. The van der Waals surface area contributed by atoms with Gasteiger partial charge in [-0.05, 0) is 49.7 Å². The summed E-state index contributed by atoms with van der Waals surface area (Å²) >= 11 is 5.63. The Bertz CT molecular complexity index is 1010. The number of rotatable bonds is 5. The maximum Gasteiger partial charge on any atom is 0.338 e. The van der Waals surface area contributed by atoms with Crippen molar-refractivity contribution in [2.75, 3.05) is 5.32 Å². The van der Waals surface area contributed by atoms with Gasteiger partial charge in [0.25, 0.3) is 5.91 Å². The van der Waals surface area contributed by atoms with Crippen LogP contribution in [0.4, 0.5) is 10.1 Å². The molecule has 1 atom stereocenters. The van der Waals surface area contributed by atoms with Gasteiger partial charge in [0.05, 0.1) is 16.1 Å². The third kappa shape index (κ3) is 5.25. The monoisotopic (exact) mass is 414 g/mol. The zero-order valence-corrected chi connectivity index (χ0v) is 15.9. The minimum Gasteiger partial charge on any atom is -0.449 e. The van der Waals surface area contributed by atoms with Crippen LogP contribution in [0.3, 0.4) is 0 Å². The number of hydrogen-bond donors (Lipinski definition) is 2. The number of hydrogen-bond acceptors (Lipinski definition) is 5. The van der Waals surface area contributed by atoms with Gasteiger partial charge in [0.1, 0.15) is 5.82 Å². The van der Waals surface area contributed by atoms with Crippen molar-refractivity contribution in [2.24, 2.45) is 5.14 Å². The highest BCUT2D eigenvalue weighted by Crippen LogP contribution is 2.20. The number of halogens is 2. The van der Waals surface area contributed by atoms with E-state index in [0.29, 0.717) is 5.56 Å². The highest BCUT2D eigenvalue weighted by Gasteiger charge is 2.22. The molecule has 7 nitrogen and oxygen atoms in total. The van der Waals surface area contributed by atoms with E-state index >= 15 is 0 Å². The molecule has 10 heteroatoms. The van der Waals surface area contributed by atoms with E-state index in [1.807, 2.05) is 0 Å². The Kier molecular flexibility index (Phi) is 6.19. The van der Waals surface area contributed by atoms with Crippen molar-refractivity contribution < 1.29 is 27.1 Å². The summed E-state index contributed by atoms with van der Waals surface area (Å²) in [5.41, 5.74) is 0.138. The first-order chi connectivity index (χ1) is 12.5.